The Morgan fingerprint density at radius 2 is 2.18 bits per heavy atom. The summed E-state index contributed by atoms with van der Waals surface area (Å²) < 4.78 is 0. The van der Waals surface area contributed by atoms with Crippen molar-refractivity contribution >= 4 is 6.29 Å². The number of hydrogen-bond acceptors (Lipinski definition) is 3. The molecule has 1 heterocycles. The fourth-order valence-electron chi connectivity index (χ4n) is 2.33. The van der Waals surface area contributed by atoms with E-state index in [4.69, 9.17) is 0 Å². The molecule has 0 bridgehead atoms. The van der Waals surface area contributed by atoms with Crippen molar-refractivity contribution in [3.8, 4) is 0 Å². The third-order valence-electron chi connectivity index (χ3n) is 3.51. The van der Waals surface area contributed by atoms with E-state index in [1.807, 2.05) is 12.1 Å². The highest BCUT2D eigenvalue weighted by Crippen LogP contribution is 2.17. The number of benzene rings is 1. The van der Waals surface area contributed by atoms with Crippen molar-refractivity contribution < 1.29 is 4.79 Å². The van der Waals surface area contributed by atoms with Crippen molar-refractivity contribution in [3.63, 3.8) is 0 Å². The molecular formula is C14H20N2O. The SMILES string of the molecule is Cc1ccc(C=O)c(CN(C)C2CN(C)C2)c1. The third kappa shape index (κ3) is 2.73. The number of rotatable bonds is 4. The predicted octanol–water partition coefficient (Wildman–Crippen LogP) is 1.55. The smallest absolute Gasteiger partial charge is 0.150 e. The van der Waals surface area contributed by atoms with Crippen LogP contribution < -0.4 is 0 Å². The molecule has 0 atom stereocenters. The zero-order valence-corrected chi connectivity index (χ0v) is 10.8. The van der Waals surface area contributed by atoms with Crippen LogP contribution >= 0.6 is 0 Å². The Balaban J connectivity index is 2.06. The molecule has 0 saturated carbocycles. The fraction of sp³-hybridized carbons (Fsp3) is 0.500. The normalized spacial score (nSPS) is 17.2. The molecule has 0 unspecified atom stereocenters. The summed E-state index contributed by atoms with van der Waals surface area (Å²) in [6.45, 7) is 5.17. The van der Waals surface area contributed by atoms with Crippen LogP contribution in [0.15, 0.2) is 18.2 Å². The molecule has 0 N–H and O–H groups in total. The van der Waals surface area contributed by atoms with Gasteiger partial charge in [-0.15, -0.1) is 0 Å². The zero-order chi connectivity index (χ0) is 12.4. The standard InChI is InChI=1S/C14H20N2O/c1-11-4-5-12(10-17)13(6-11)7-16(3)14-8-15(2)9-14/h4-6,10,14H,7-9H2,1-3H3. The lowest BCUT2D eigenvalue weighted by atomic mass is 10.0. The van der Waals surface area contributed by atoms with Crippen LogP contribution in [0, 0.1) is 6.92 Å². The largest absolute Gasteiger partial charge is 0.303 e. The van der Waals surface area contributed by atoms with E-state index >= 15 is 0 Å². The molecule has 1 saturated heterocycles. The lowest BCUT2D eigenvalue weighted by Crippen LogP contribution is -2.56. The molecule has 0 radical (unpaired) electrons. The summed E-state index contributed by atoms with van der Waals surface area (Å²) in [5.41, 5.74) is 3.16. The average Bonchev–Trinajstić information content (AvgIpc) is 2.25. The van der Waals surface area contributed by atoms with E-state index in [1.165, 1.54) is 5.56 Å². The molecule has 1 fully saturated rings. The first-order valence-corrected chi connectivity index (χ1v) is 6.03. The second kappa shape index (κ2) is 4.98. The van der Waals surface area contributed by atoms with Gasteiger partial charge in [-0.05, 0) is 26.6 Å². The highest BCUT2D eigenvalue weighted by Gasteiger charge is 2.26. The van der Waals surface area contributed by atoms with Crippen molar-refractivity contribution in [2.45, 2.75) is 19.5 Å². The van der Waals surface area contributed by atoms with Crippen LogP contribution in [0.2, 0.25) is 0 Å². The summed E-state index contributed by atoms with van der Waals surface area (Å²) in [7, 11) is 4.27. The fourth-order valence-corrected chi connectivity index (χ4v) is 2.33. The van der Waals surface area contributed by atoms with E-state index in [1.54, 1.807) is 0 Å². The first-order valence-electron chi connectivity index (χ1n) is 6.03. The van der Waals surface area contributed by atoms with Crippen molar-refractivity contribution in [2.75, 3.05) is 27.2 Å². The number of carbonyl (C=O) groups is 1. The highest BCUT2D eigenvalue weighted by atomic mass is 16.1. The van der Waals surface area contributed by atoms with Crippen molar-refractivity contribution in [1.29, 1.82) is 0 Å². The number of hydrogen-bond donors (Lipinski definition) is 0. The van der Waals surface area contributed by atoms with Gasteiger partial charge in [0.1, 0.15) is 6.29 Å². The Bertz CT molecular complexity index is 411. The van der Waals surface area contributed by atoms with Gasteiger partial charge >= 0.3 is 0 Å². The maximum atomic E-state index is 11.0. The summed E-state index contributed by atoms with van der Waals surface area (Å²) in [6, 6.07) is 6.64. The molecule has 1 aliphatic rings. The van der Waals surface area contributed by atoms with Crippen LogP contribution in [0.25, 0.3) is 0 Å². The molecule has 3 nitrogen and oxygen atoms in total. The molecule has 1 aromatic carbocycles. The maximum Gasteiger partial charge on any atom is 0.150 e. The Hall–Kier alpha value is -1.19. The summed E-state index contributed by atoms with van der Waals surface area (Å²) >= 11 is 0. The number of likely N-dealkylation sites (N-methyl/N-ethyl adjacent to an activating group) is 2. The Morgan fingerprint density at radius 3 is 2.76 bits per heavy atom. The molecule has 17 heavy (non-hydrogen) atoms. The monoisotopic (exact) mass is 232 g/mol. The molecule has 2 rings (SSSR count). The zero-order valence-electron chi connectivity index (χ0n) is 10.8. The van der Waals surface area contributed by atoms with Crippen LogP contribution in [-0.4, -0.2) is 49.3 Å². The van der Waals surface area contributed by atoms with Crippen molar-refractivity contribution in [2.24, 2.45) is 0 Å². The average molecular weight is 232 g/mol. The first kappa shape index (κ1) is 12.3. The van der Waals surface area contributed by atoms with Gasteiger partial charge < -0.3 is 4.90 Å². The molecule has 3 heteroatoms. The van der Waals surface area contributed by atoms with E-state index in [9.17, 15) is 4.79 Å². The van der Waals surface area contributed by atoms with Crippen LogP contribution in [0.5, 0.6) is 0 Å². The second-order valence-electron chi connectivity index (χ2n) is 5.11. The van der Waals surface area contributed by atoms with Crippen molar-refractivity contribution in [3.05, 3.63) is 34.9 Å². The summed E-state index contributed by atoms with van der Waals surface area (Å²) in [4.78, 5) is 15.6. The summed E-state index contributed by atoms with van der Waals surface area (Å²) in [6.07, 6.45) is 0.954. The summed E-state index contributed by atoms with van der Waals surface area (Å²) in [5.74, 6) is 0. The van der Waals surface area contributed by atoms with Gasteiger partial charge in [-0.1, -0.05) is 23.8 Å². The number of carbonyl (C=O) groups excluding carboxylic acids is 1. The minimum atomic E-state index is 0.625. The van der Waals surface area contributed by atoms with Gasteiger partial charge in [-0.25, -0.2) is 0 Å². The van der Waals surface area contributed by atoms with Crippen molar-refractivity contribution in [1.82, 2.24) is 9.80 Å². The lowest BCUT2D eigenvalue weighted by molar-refractivity contribution is 0.0656. The number of aldehydes is 1. The van der Waals surface area contributed by atoms with E-state index in [0.717, 1.165) is 37.0 Å². The minimum absolute atomic E-state index is 0.625. The van der Waals surface area contributed by atoms with E-state index in [0.29, 0.717) is 6.04 Å². The number of aryl methyl sites for hydroxylation is 1. The predicted molar refractivity (Wildman–Crippen MR) is 69.3 cm³/mol. The molecule has 0 spiro atoms. The minimum Gasteiger partial charge on any atom is -0.303 e. The Labute approximate surface area is 103 Å². The van der Waals surface area contributed by atoms with Gasteiger partial charge in [-0.2, -0.15) is 0 Å². The van der Waals surface area contributed by atoms with Crippen LogP contribution in [0.1, 0.15) is 21.5 Å². The van der Waals surface area contributed by atoms with Crippen LogP contribution in [-0.2, 0) is 6.54 Å². The van der Waals surface area contributed by atoms with Gasteiger partial charge in [0, 0.05) is 31.2 Å². The van der Waals surface area contributed by atoms with Gasteiger partial charge in [0.25, 0.3) is 0 Å². The first-order chi connectivity index (χ1) is 8.10. The number of likely N-dealkylation sites (tertiary alicyclic amines) is 1. The molecule has 0 aliphatic carbocycles. The third-order valence-corrected chi connectivity index (χ3v) is 3.51. The van der Waals surface area contributed by atoms with Crippen LogP contribution in [0.3, 0.4) is 0 Å². The quantitative estimate of drug-likeness (QED) is 0.736. The second-order valence-corrected chi connectivity index (χ2v) is 5.11. The van der Waals surface area contributed by atoms with Gasteiger partial charge in [0.05, 0.1) is 0 Å². The molecule has 0 aromatic heterocycles. The maximum absolute atomic E-state index is 11.0. The molecule has 1 aliphatic heterocycles. The number of nitrogens with zero attached hydrogens (tertiary/aromatic N) is 2. The molecule has 92 valence electrons. The van der Waals surface area contributed by atoms with E-state index in [-0.39, 0.29) is 0 Å². The highest BCUT2D eigenvalue weighted by molar-refractivity contribution is 5.77. The van der Waals surface area contributed by atoms with Crippen LogP contribution in [0.4, 0.5) is 0 Å². The molecule has 0 amide bonds. The molecule has 1 aromatic rings. The van der Waals surface area contributed by atoms with Gasteiger partial charge in [-0.3, -0.25) is 9.69 Å². The molecular weight excluding hydrogens is 212 g/mol. The Morgan fingerprint density at radius 1 is 1.47 bits per heavy atom. The van der Waals surface area contributed by atoms with Gasteiger partial charge in [0.15, 0.2) is 0 Å². The Kier molecular flexibility index (Phi) is 3.60. The topological polar surface area (TPSA) is 23.6 Å². The van der Waals surface area contributed by atoms with E-state index < -0.39 is 0 Å². The lowest BCUT2D eigenvalue weighted by Gasteiger charge is -2.42. The van der Waals surface area contributed by atoms with Gasteiger partial charge in [0.2, 0.25) is 0 Å². The summed E-state index contributed by atoms with van der Waals surface area (Å²) in [5, 5.41) is 0. The van der Waals surface area contributed by atoms with E-state index in [2.05, 4.69) is 36.9 Å².